The quantitative estimate of drug-likeness (QED) is 0.303. The smallest absolute Gasteiger partial charge is 0.245 e. The van der Waals surface area contributed by atoms with Gasteiger partial charge in [-0.15, -0.1) is 0 Å². The minimum Gasteiger partial charge on any atom is -0.355 e. The number of aryl methyl sites for hydroxylation is 1. The standard InChI is InChI=1S/C34H46N6O6/c1-22(2)30-33(45)36-23(3)31(43)38-27(20-25-14-9-6-10-15-25)34(46)40(4)21-29(42)35-19-11-16-26(32(44)39-30)37-28(41)18-17-24-12-7-5-8-13-24/h5-10,12-15,22-23,26-27,30H,11,16-21H2,1-4H3,(H,35,42)(H,36,45)(H,37,41)(H,38,43)(H,39,44)/t23-,26+,27+,30-/m1/s1. The number of benzene rings is 2. The molecular formula is C34H46N6O6. The summed E-state index contributed by atoms with van der Waals surface area (Å²) in [7, 11) is 1.48. The van der Waals surface area contributed by atoms with Crippen LogP contribution in [0.15, 0.2) is 60.7 Å². The number of likely N-dealkylation sites (N-methyl/N-ethyl adjacent to an activating group) is 1. The molecule has 0 radical (unpaired) electrons. The van der Waals surface area contributed by atoms with E-state index in [2.05, 4.69) is 26.6 Å². The number of carbonyl (C=O) groups is 6. The van der Waals surface area contributed by atoms with Gasteiger partial charge in [0, 0.05) is 26.4 Å². The Morgan fingerprint density at radius 1 is 0.870 bits per heavy atom. The van der Waals surface area contributed by atoms with Gasteiger partial charge >= 0.3 is 0 Å². The average Bonchev–Trinajstić information content (AvgIpc) is 3.03. The minimum atomic E-state index is -1.04. The molecule has 0 unspecified atom stereocenters. The third-order valence-corrected chi connectivity index (χ3v) is 7.78. The van der Waals surface area contributed by atoms with E-state index in [0.29, 0.717) is 12.8 Å². The highest BCUT2D eigenvalue weighted by molar-refractivity contribution is 5.96. The summed E-state index contributed by atoms with van der Waals surface area (Å²) in [5.41, 5.74) is 1.79. The number of carbonyl (C=O) groups excluding carboxylic acids is 6. The summed E-state index contributed by atoms with van der Waals surface area (Å²) < 4.78 is 0. The molecule has 1 aliphatic heterocycles. The molecule has 12 nitrogen and oxygen atoms in total. The van der Waals surface area contributed by atoms with E-state index in [1.165, 1.54) is 18.9 Å². The van der Waals surface area contributed by atoms with E-state index in [-0.39, 0.29) is 44.2 Å². The van der Waals surface area contributed by atoms with Gasteiger partial charge in [-0.25, -0.2) is 0 Å². The molecule has 0 aliphatic carbocycles. The van der Waals surface area contributed by atoms with Crippen molar-refractivity contribution >= 4 is 35.4 Å². The van der Waals surface area contributed by atoms with Crippen LogP contribution >= 0.6 is 0 Å². The van der Waals surface area contributed by atoms with Gasteiger partial charge in [-0.05, 0) is 43.2 Å². The van der Waals surface area contributed by atoms with E-state index in [4.69, 9.17) is 0 Å². The molecule has 3 rings (SSSR count). The molecule has 1 aliphatic rings. The van der Waals surface area contributed by atoms with Crippen LogP contribution in [0.4, 0.5) is 0 Å². The molecule has 5 N–H and O–H groups in total. The van der Waals surface area contributed by atoms with Crippen molar-refractivity contribution in [3.05, 3.63) is 71.8 Å². The highest BCUT2D eigenvalue weighted by Gasteiger charge is 2.32. The fourth-order valence-electron chi connectivity index (χ4n) is 5.09. The minimum absolute atomic E-state index is 0.164. The molecule has 6 amide bonds. The molecule has 0 saturated carbocycles. The summed E-state index contributed by atoms with van der Waals surface area (Å²) >= 11 is 0. The normalized spacial score (nSPS) is 22.5. The Morgan fingerprint density at radius 3 is 2.13 bits per heavy atom. The van der Waals surface area contributed by atoms with E-state index >= 15 is 0 Å². The van der Waals surface area contributed by atoms with Crippen molar-refractivity contribution in [1.82, 2.24) is 31.5 Å². The third-order valence-electron chi connectivity index (χ3n) is 7.78. The number of amides is 6. The zero-order valence-corrected chi connectivity index (χ0v) is 27.0. The van der Waals surface area contributed by atoms with E-state index in [1.54, 1.807) is 13.8 Å². The molecule has 0 aromatic heterocycles. The van der Waals surface area contributed by atoms with Crippen molar-refractivity contribution in [3.63, 3.8) is 0 Å². The number of rotatable bonds is 7. The Labute approximate surface area is 270 Å². The lowest BCUT2D eigenvalue weighted by atomic mass is 10.0. The predicted molar refractivity (Wildman–Crippen MR) is 173 cm³/mol. The predicted octanol–water partition coefficient (Wildman–Crippen LogP) is 0.845. The van der Waals surface area contributed by atoms with Gasteiger partial charge in [0.25, 0.3) is 0 Å². The van der Waals surface area contributed by atoms with Crippen LogP contribution in [-0.4, -0.2) is 84.6 Å². The van der Waals surface area contributed by atoms with Crippen molar-refractivity contribution in [2.45, 2.75) is 77.0 Å². The molecule has 1 saturated heterocycles. The van der Waals surface area contributed by atoms with Crippen molar-refractivity contribution in [2.75, 3.05) is 20.1 Å². The molecule has 2 aromatic carbocycles. The lowest BCUT2D eigenvalue weighted by molar-refractivity contribution is -0.139. The van der Waals surface area contributed by atoms with Crippen LogP contribution in [-0.2, 0) is 41.6 Å². The first-order chi connectivity index (χ1) is 21.9. The Hall–Kier alpha value is -4.74. The Morgan fingerprint density at radius 2 is 1.50 bits per heavy atom. The summed E-state index contributed by atoms with van der Waals surface area (Å²) in [6.45, 7) is 4.95. The second-order valence-corrected chi connectivity index (χ2v) is 12.0. The summed E-state index contributed by atoms with van der Waals surface area (Å²) in [5.74, 6) is -3.25. The van der Waals surface area contributed by atoms with Gasteiger partial charge in [-0.3, -0.25) is 28.8 Å². The topological polar surface area (TPSA) is 166 Å². The van der Waals surface area contributed by atoms with Crippen LogP contribution in [0.2, 0.25) is 0 Å². The maximum atomic E-state index is 13.5. The second kappa shape index (κ2) is 17.7. The zero-order chi connectivity index (χ0) is 33.6. The van der Waals surface area contributed by atoms with Gasteiger partial charge in [0.05, 0.1) is 6.54 Å². The Bertz CT molecular complexity index is 1350. The lowest BCUT2D eigenvalue weighted by Gasteiger charge is -2.28. The molecule has 12 heteroatoms. The van der Waals surface area contributed by atoms with Crippen LogP contribution in [0.3, 0.4) is 0 Å². The fourth-order valence-corrected chi connectivity index (χ4v) is 5.09. The van der Waals surface area contributed by atoms with Crippen LogP contribution in [0.5, 0.6) is 0 Å². The Kier molecular flexibility index (Phi) is 13.7. The van der Waals surface area contributed by atoms with Crippen LogP contribution in [0, 0.1) is 5.92 Å². The van der Waals surface area contributed by atoms with Crippen molar-refractivity contribution in [2.24, 2.45) is 5.92 Å². The van der Waals surface area contributed by atoms with Crippen molar-refractivity contribution in [3.8, 4) is 0 Å². The van der Waals surface area contributed by atoms with E-state index < -0.39 is 53.7 Å². The highest BCUT2D eigenvalue weighted by atomic mass is 16.2. The first-order valence-electron chi connectivity index (χ1n) is 15.7. The highest BCUT2D eigenvalue weighted by Crippen LogP contribution is 2.09. The molecule has 1 heterocycles. The SMILES string of the molecule is CC(C)[C@H]1NC(=O)[C@@H](NC(=O)CCc2ccccc2)CCCNC(=O)CN(C)C(=O)[C@H](Cc2ccccc2)NC(=O)[C@@H](C)NC1=O. The molecule has 4 atom stereocenters. The summed E-state index contributed by atoms with van der Waals surface area (Å²) in [4.78, 5) is 80.3. The summed E-state index contributed by atoms with van der Waals surface area (Å²) in [5, 5.41) is 13.7. The maximum absolute atomic E-state index is 13.5. The largest absolute Gasteiger partial charge is 0.355 e. The van der Waals surface area contributed by atoms with Crippen LogP contribution in [0.1, 0.15) is 51.2 Å². The number of hydrogen-bond donors (Lipinski definition) is 5. The van der Waals surface area contributed by atoms with Gasteiger partial charge in [0.2, 0.25) is 35.4 Å². The summed E-state index contributed by atoms with van der Waals surface area (Å²) in [6.07, 6.45) is 1.38. The number of nitrogens with zero attached hydrogens (tertiary/aromatic N) is 1. The third kappa shape index (κ3) is 11.3. The second-order valence-electron chi connectivity index (χ2n) is 12.0. The molecule has 248 valence electrons. The maximum Gasteiger partial charge on any atom is 0.245 e. The summed E-state index contributed by atoms with van der Waals surface area (Å²) in [6, 6.07) is 14.7. The molecule has 0 spiro atoms. The van der Waals surface area contributed by atoms with Gasteiger partial charge in [0.1, 0.15) is 24.2 Å². The van der Waals surface area contributed by atoms with Crippen molar-refractivity contribution < 1.29 is 28.8 Å². The van der Waals surface area contributed by atoms with Gasteiger partial charge in [0.15, 0.2) is 0 Å². The van der Waals surface area contributed by atoms with Crippen molar-refractivity contribution in [1.29, 1.82) is 0 Å². The first kappa shape index (κ1) is 35.7. The molecule has 1 fully saturated rings. The van der Waals surface area contributed by atoms with Crippen LogP contribution < -0.4 is 26.6 Å². The molecule has 0 bridgehead atoms. The number of nitrogens with one attached hydrogen (secondary N) is 5. The van der Waals surface area contributed by atoms with Gasteiger partial charge < -0.3 is 31.5 Å². The first-order valence-corrected chi connectivity index (χ1v) is 15.7. The molecule has 2 aromatic rings. The zero-order valence-electron chi connectivity index (χ0n) is 27.0. The average molecular weight is 635 g/mol. The van der Waals surface area contributed by atoms with Gasteiger partial charge in [-0.2, -0.15) is 0 Å². The molecule has 46 heavy (non-hydrogen) atoms. The van der Waals surface area contributed by atoms with E-state index in [1.807, 2.05) is 60.7 Å². The molecular weight excluding hydrogens is 588 g/mol. The van der Waals surface area contributed by atoms with Crippen LogP contribution in [0.25, 0.3) is 0 Å². The monoisotopic (exact) mass is 634 g/mol. The fraction of sp³-hybridized carbons (Fsp3) is 0.471. The Balaban J connectivity index is 1.79. The lowest BCUT2D eigenvalue weighted by Crippen LogP contribution is -2.59. The van der Waals surface area contributed by atoms with Gasteiger partial charge in [-0.1, -0.05) is 74.5 Å². The van der Waals surface area contributed by atoms with E-state index in [0.717, 1.165) is 11.1 Å². The van der Waals surface area contributed by atoms with E-state index in [9.17, 15) is 28.8 Å². The number of hydrogen-bond acceptors (Lipinski definition) is 6.